The zero-order valence-corrected chi connectivity index (χ0v) is 20.8. The predicted octanol–water partition coefficient (Wildman–Crippen LogP) is 3.46. The molecule has 6 rings (SSSR count). The highest BCUT2D eigenvalue weighted by Crippen LogP contribution is 2.39. The smallest absolute Gasteiger partial charge is 0.442 e. The summed E-state index contributed by atoms with van der Waals surface area (Å²) in [6.45, 7) is 3.28. The van der Waals surface area contributed by atoms with Gasteiger partial charge < -0.3 is 19.2 Å². The Balaban J connectivity index is 1.02. The topological polar surface area (TPSA) is 98.3 Å². The van der Waals surface area contributed by atoms with Crippen molar-refractivity contribution < 1.29 is 28.7 Å². The maximum atomic E-state index is 12.7. The number of benzene rings is 2. The fourth-order valence-electron chi connectivity index (χ4n) is 5.14. The van der Waals surface area contributed by atoms with Crippen molar-refractivity contribution in [3.05, 3.63) is 71.4 Å². The first-order valence-electron chi connectivity index (χ1n) is 12.8. The van der Waals surface area contributed by atoms with Crippen LogP contribution >= 0.6 is 0 Å². The number of esters is 1. The summed E-state index contributed by atoms with van der Waals surface area (Å²) in [4.78, 5) is 48.5. The standard InChI is InChI=1S/C29H27N3O6/c33-27-25-18-21-6-3-8-24(26(21)32(27)38-29(35)28(34)37-25)36-16-4-13-31-14-11-19(12-15-31)17-22-10-9-20-5-1-2-7-23(20)30-22/h1-3,5-10,17,25H,4,11-16,18H2. The van der Waals surface area contributed by atoms with Crippen molar-refractivity contribution in [3.8, 4) is 5.75 Å². The molecule has 1 amide bonds. The molecule has 3 aromatic rings. The van der Waals surface area contributed by atoms with Crippen molar-refractivity contribution >= 4 is 40.5 Å². The molecule has 194 valence electrons. The minimum atomic E-state index is -1.22. The molecule has 2 saturated heterocycles. The summed E-state index contributed by atoms with van der Waals surface area (Å²) in [5.74, 6) is -2.56. The number of hydrogen-bond acceptors (Lipinski definition) is 8. The van der Waals surface area contributed by atoms with Crippen LogP contribution in [0, 0.1) is 0 Å². The number of carbonyl (C=O) groups is 3. The van der Waals surface area contributed by atoms with Crippen LogP contribution in [0.1, 0.15) is 30.5 Å². The van der Waals surface area contributed by atoms with E-state index >= 15 is 0 Å². The lowest BCUT2D eigenvalue weighted by molar-refractivity contribution is -0.166. The van der Waals surface area contributed by atoms with E-state index in [1.54, 1.807) is 12.1 Å². The van der Waals surface area contributed by atoms with Crippen LogP contribution in [-0.4, -0.2) is 60.1 Å². The number of piperidine rings is 1. The molecule has 0 radical (unpaired) electrons. The molecule has 2 bridgehead atoms. The average Bonchev–Trinajstić information content (AvgIpc) is 2.99. The second kappa shape index (κ2) is 10.3. The Kier molecular flexibility index (Phi) is 6.51. The summed E-state index contributed by atoms with van der Waals surface area (Å²) >= 11 is 0. The average molecular weight is 514 g/mol. The maximum Gasteiger partial charge on any atom is 0.442 e. The van der Waals surface area contributed by atoms with Gasteiger partial charge in [-0.05, 0) is 49.1 Å². The lowest BCUT2D eigenvalue weighted by Gasteiger charge is -2.30. The molecule has 3 aliphatic heterocycles. The molecule has 4 heterocycles. The molecule has 38 heavy (non-hydrogen) atoms. The van der Waals surface area contributed by atoms with Gasteiger partial charge in [-0.3, -0.25) is 4.79 Å². The van der Waals surface area contributed by atoms with Crippen LogP contribution < -0.4 is 9.80 Å². The number of para-hydroxylation sites is 2. The third-order valence-corrected chi connectivity index (χ3v) is 7.10. The van der Waals surface area contributed by atoms with Crippen LogP contribution in [0.25, 0.3) is 17.0 Å². The molecule has 9 nitrogen and oxygen atoms in total. The van der Waals surface area contributed by atoms with E-state index in [-0.39, 0.29) is 6.42 Å². The number of amides is 1. The van der Waals surface area contributed by atoms with Gasteiger partial charge in [0.15, 0.2) is 6.10 Å². The Hall–Kier alpha value is -4.24. The van der Waals surface area contributed by atoms with E-state index in [9.17, 15) is 14.4 Å². The van der Waals surface area contributed by atoms with Gasteiger partial charge in [0.1, 0.15) is 11.4 Å². The van der Waals surface area contributed by atoms with E-state index in [4.69, 9.17) is 19.3 Å². The zero-order valence-electron chi connectivity index (χ0n) is 20.8. The van der Waals surface area contributed by atoms with Crippen LogP contribution in [0.3, 0.4) is 0 Å². The molecule has 0 saturated carbocycles. The number of anilines is 1. The molecular formula is C29H27N3O6. The van der Waals surface area contributed by atoms with E-state index in [1.807, 2.05) is 24.3 Å². The fraction of sp³-hybridized carbons (Fsp3) is 0.310. The SMILES string of the molecule is O=C1OC2Cc3cccc(OCCCN4CCC(=Cc5ccc6ccccc6n5)CC4)c3N(OC1=O)C2=O. The van der Waals surface area contributed by atoms with Gasteiger partial charge in [-0.25, -0.2) is 14.6 Å². The van der Waals surface area contributed by atoms with Gasteiger partial charge in [0.25, 0.3) is 0 Å². The van der Waals surface area contributed by atoms with Crippen molar-refractivity contribution in [2.75, 3.05) is 31.3 Å². The highest BCUT2D eigenvalue weighted by atomic mass is 16.7. The molecule has 9 heteroatoms. The number of hydroxylamine groups is 1. The van der Waals surface area contributed by atoms with Crippen LogP contribution in [0.4, 0.5) is 5.69 Å². The molecule has 0 N–H and O–H groups in total. The molecule has 3 aliphatic rings. The largest absolute Gasteiger partial charge is 0.491 e. The Morgan fingerprint density at radius 1 is 0.974 bits per heavy atom. The Morgan fingerprint density at radius 3 is 2.68 bits per heavy atom. The minimum Gasteiger partial charge on any atom is -0.491 e. The lowest BCUT2D eigenvalue weighted by Crippen LogP contribution is -2.43. The quantitative estimate of drug-likeness (QED) is 0.281. The molecule has 2 aromatic carbocycles. The third-order valence-electron chi connectivity index (χ3n) is 7.10. The van der Waals surface area contributed by atoms with Crippen LogP contribution in [0.15, 0.2) is 60.2 Å². The summed E-state index contributed by atoms with van der Waals surface area (Å²) in [5, 5.41) is 1.99. The Morgan fingerprint density at radius 2 is 1.82 bits per heavy atom. The first-order valence-corrected chi connectivity index (χ1v) is 12.8. The number of pyridine rings is 1. The predicted molar refractivity (Wildman–Crippen MR) is 139 cm³/mol. The van der Waals surface area contributed by atoms with Crippen molar-refractivity contribution in [1.29, 1.82) is 0 Å². The van der Waals surface area contributed by atoms with Crippen molar-refractivity contribution in [2.24, 2.45) is 0 Å². The monoisotopic (exact) mass is 513 g/mol. The summed E-state index contributed by atoms with van der Waals surface area (Å²) in [5.41, 5.74) is 4.50. The third kappa shape index (κ3) is 4.84. The normalized spacial score (nSPS) is 19.5. The molecule has 1 unspecified atom stereocenters. The van der Waals surface area contributed by atoms with Crippen molar-refractivity contribution in [1.82, 2.24) is 9.88 Å². The molecule has 1 aromatic heterocycles. The van der Waals surface area contributed by atoms with E-state index in [0.29, 0.717) is 23.6 Å². The van der Waals surface area contributed by atoms with E-state index in [0.717, 1.165) is 60.6 Å². The molecule has 2 fully saturated rings. The Bertz CT molecular complexity index is 1440. The summed E-state index contributed by atoms with van der Waals surface area (Å²) in [6.07, 6.45) is 4.12. The van der Waals surface area contributed by atoms with Crippen LogP contribution in [-0.2, 0) is 30.4 Å². The van der Waals surface area contributed by atoms with Crippen LogP contribution in [0.2, 0.25) is 0 Å². The second-order valence-corrected chi connectivity index (χ2v) is 9.65. The number of ether oxygens (including phenoxy) is 2. The van der Waals surface area contributed by atoms with Gasteiger partial charge in [-0.1, -0.05) is 42.0 Å². The van der Waals surface area contributed by atoms with Crippen LogP contribution in [0.5, 0.6) is 5.75 Å². The summed E-state index contributed by atoms with van der Waals surface area (Å²) < 4.78 is 11.0. The Labute approximate surface area is 219 Å². The molecular weight excluding hydrogens is 486 g/mol. The second-order valence-electron chi connectivity index (χ2n) is 9.65. The van der Waals surface area contributed by atoms with E-state index in [1.165, 1.54) is 5.57 Å². The number of hydrogen-bond donors (Lipinski definition) is 0. The highest BCUT2D eigenvalue weighted by Gasteiger charge is 2.45. The minimum absolute atomic E-state index is 0.169. The molecule has 0 spiro atoms. The fourth-order valence-corrected chi connectivity index (χ4v) is 5.14. The summed E-state index contributed by atoms with van der Waals surface area (Å²) in [6, 6.07) is 17.7. The zero-order chi connectivity index (χ0) is 26.1. The first kappa shape index (κ1) is 24.1. The van der Waals surface area contributed by atoms with Crippen molar-refractivity contribution in [2.45, 2.75) is 31.8 Å². The van der Waals surface area contributed by atoms with Gasteiger partial charge >= 0.3 is 17.8 Å². The van der Waals surface area contributed by atoms with E-state index < -0.39 is 23.9 Å². The highest BCUT2D eigenvalue weighted by molar-refractivity contribution is 6.31. The maximum absolute atomic E-state index is 12.7. The molecule has 0 aliphatic carbocycles. The lowest BCUT2D eigenvalue weighted by atomic mass is 10.00. The number of carbonyl (C=O) groups excluding carboxylic acids is 3. The summed E-state index contributed by atoms with van der Waals surface area (Å²) in [7, 11) is 0. The number of fused-ring (bicyclic) bond motifs is 5. The van der Waals surface area contributed by atoms with Crippen molar-refractivity contribution in [3.63, 3.8) is 0 Å². The van der Waals surface area contributed by atoms with Gasteiger partial charge in [0, 0.05) is 31.4 Å². The number of rotatable bonds is 6. The van der Waals surface area contributed by atoms with Gasteiger partial charge in [-0.2, -0.15) is 0 Å². The van der Waals surface area contributed by atoms with Gasteiger partial charge in [0.05, 0.1) is 17.8 Å². The molecule has 1 atom stereocenters. The van der Waals surface area contributed by atoms with E-state index in [2.05, 4.69) is 29.2 Å². The number of likely N-dealkylation sites (tertiary alicyclic amines) is 1. The number of aromatic nitrogens is 1. The first-order chi connectivity index (χ1) is 18.5. The number of nitrogens with zero attached hydrogens (tertiary/aromatic N) is 3. The van der Waals surface area contributed by atoms with Gasteiger partial charge in [0.2, 0.25) is 0 Å². The van der Waals surface area contributed by atoms with Gasteiger partial charge in [-0.15, -0.1) is 5.06 Å².